The molecule has 3 heteroatoms. The summed E-state index contributed by atoms with van der Waals surface area (Å²) in [5, 5.41) is 0. The Hall–Kier alpha value is -0.120. The summed E-state index contributed by atoms with van der Waals surface area (Å²) >= 11 is 0. The molecule has 0 aromatic carbocycles. The predicted molar refractivity (Wildman–Crippen MR) is 61.8 cm³/mol. The first-order valence-corrected chi connectivity index (χ1v) is 6.21. The van der Waals surface area contributed by atoms with Crippen molar-refractivity contribution < 1.29 is 4.74 Å². The van der Waals surface area contributed by atoms with Crippen LogP contribution in [0.3, 0.4) is 0 Å². The van der Waals surface area contributed by atoms with E-state index in [4.69, 9.17) is 10.5 Å². The van der Waals surface area contributed by atoms with E-state index in [1.807, 2.05) is 0 Å². The first kappa shape index (κ1) is 11.4. The maximum atomic E-state index is 6.33. The van der Waals surface area contributed by atoms with Crippen molar-refractivity contribution in [2.24, 2.45) is 11.7 Å². The lowest BCUT2D eigenvalue weighted by Crippen LogP contribution is -2.52. The van der Waals surface area contributed by atoms with E-state index in [1.54, 1.807) is 0 Å². The molecule has 15 heavy (non-hydrogen) atoms. The Kier molecular flexibility index (Phi) is 3.33. The molecule has 0 amide bonds. The third kappa shape index (κ3) is 2.52. The summed E-state index contributed by atoms with van der Waals surface area (Å²) in [7, 11) is 0. The molecule has 2 fully saturated rings. The summed E-state index contributed by atoms with van der Waals surface area (Å²) in [6.07, 6.45) is 3.70. The third-order valence-corrected chi connectivity index (χ3v) is 3.84. The molecule has 3 nitrogen and oxygen atoms in total. The fourth-order valence-corrected chi connectivity index (χ4v) is 2.96. The van der Waals surface area contributed by atoms with Crippen molar-refractivity contribution in [2.45, 2.75) is 44.7 Å². The maximum absolute atomic E-state index is 6.33. The molecule has 0 spiro atoms. The molecule has 2 atom stereocenters. The Labute approximate surface area is 93.0 Å². The summed E-state index contributed by atoms with van der Waals surface area (Å²) in [5.41, 5.74) is 6.26. The fraction of sp³-hybridized carbons (Fsp3) is 1.00. The molecule has 88 valence electrons. The van der Waals surface area contributed by atoms with Crippen LogP contribution in [-0.4, -0.2) is 42.8 Å². The Balaban J connectivity index is 1.92. The zero-order valence-corrected chi connectivity index (χ0v) is 10.0. The molecule has 0 aromatic rings. The van der Waals surface area contributed by atoms with Gasteiger partial charge in [0.2, 0.25) is 0 Å². The second kappa shape index (κ2) is 4.40. The molecular formula is C12H24N2O. The lowest BCUT2D eigenvalue weighted by molar-refractivity contribution is 0.134. The number of hydrogen-bond acceptors (Lipinski definition) is 3. The highest BCUT2D eigenvalue weighted by molar-refractivity contribution is 4.94. The van der Waals surface area contributed by atoms with Gasteiger partial charge < -0.3 is 10.5 Å². The second-order valence-corrected chi connectivity index (χ2v) is 5.59. The SMILES string of the molecule is CC(C)C1CCCN1CC1(N)CCOC1. The number of ether oxygens (including phenoxy) is 1. The lowest BCUT2D eigenvalue weighted by Gasteiger charge is -2.34. The molecule has 0 saturated carbocycles. The molecule has 2 aliphatic heterocycles. The van der Waals surface area contributed by atoms with Gasteiger partial charge in [-0.25, -0.2) is 0 Å². The van der Waals surface area contributed by atoms with Gasteiger partial charge >= 0.3 is 0 Å². The van der Waals surface area contributed by atoms with E-state index >= 15 is 0 Å². The van der Waals surface area contributed by atoms with Gasteiger partial charge in [-0.3, -0.25) is 4.90 Å². The van der Waals surface area contributed by atoms with Crippen LogP contribution in [0, 0.1) is 5.92 Å². The van der Waals surface area contributed by atoms with E-state index in [0.29, 0.717) is 0 Å². The van der Waals surface area contributed by atoms with Gasteiger partial charge in [-0.05, 0) is 31.7 Å². The van der Waals surface area contributed by atoms with Gasteiger partial charge in [0, 0.05) is 19.2 Å². The monoisotopic (exact) mass is 212 g/mol. The van der Waals surface area contributed by atoms with Crippen molar-refractivity contribution in [2.75, 3.05) is 26.3 Å². The summed E-state index contributed by atoms with van der Waals surface area (Å²) in [6.45, 7) is 8.47. The molecule has 2 heterocycles. The second-order valence-electron chi connectivity index (χ2n) is 5.59. The summed E-state index contributed by atoms with van der Waals surface area (Å²) in [5.74, 6) is 0.749. The van der Waals surface area contributed by atoms with Crippen molar-refractivity contribution in [1.82, 2.24) is 4.90 Å². The van der Waals surface area contributed by atoms with Crippen LogP contribution in [0.2, 0.25) is 0 Å². The van der Waals surface area contributed by atoms with Crippen LogP contribution in [0.25, 0.3) is 0 Å². The van der Waals surface area contributed by atoms with Crippen LogP contribution in [0.4, 0.5) is 0 Å². The highest BCUT2D eigenvalue weighted by Crippen LogP contribution is 2.27. The third-order valence-electron chi connectivity index (χ3n) is 3.84. The average Bonchev–Trinajstić information content (AvgIpc) is 2.75. The standard InChI is InChI=1S/C12H24N2O/c1-10(2)11-4-3-6-14(11)8-12(13)5-7-15-9-12/h10-11H,3-9,13H2,1-2H3. The molecule has 2 saturated heterocycles. The highest BCUT2D eigenvalue weighted by atomic mass is 16.5. The molecule has 2 aliphatic rings. The van der Waals surface area contributed by atoms with Gasteiger partial charge in [0.25, 0.3) is 0 Å². The first-order valence-electron chi connectivity index (χ1n) is 6.21. The Morgan fingerprint density at radius 1 is 1.53 bits per heavy atom. The molecule has 0 bridgehead atoms. The average molecular weight is 212 g/mol. The van der Waals surface area contributed by atoms with Crippen molar-refractivity contribution in [1.29, 1.82) is 0 Å². The molecule has 0 aliphatic carbocycles. The van der Waals surface area contributed by atoms with E-state index < -0.39 is 0 Å². The van der Waals surface area contributed by atoms with E-state index in [0.717, 1.165) is 38.1 Å². The van der Waals surface area contributed by atoms with Crippen LogP contribution in [0.15, 0.2) is 0 Å². The molecule has 0 radical (unpaired) electrons. The van der Waals surface area contributed by atoms with Crippen LogP contribution in [-0.2, 0) is 4.74 Å². The summed E-state index contributed by atoms with van der Waals surface area (Å²) in [4.78, 5) is 2.58. The van der Waals surface area contributed by atoms with Gasteiger partial charge in [-0.1, -0.05) is 13.8 Å². The van der Waals surface area contributed by atoms with Gasteiger partial charge in [0.05, 0.1) is 12.1 Å². The summed E-state index contributed by atoms with van der Waals surface area (Å²) in [6, 6.07) is 0.742. The minimum Gasteiger partial charge on any atom is -0.379 e. The Bertz CT molecular complexity index is 212. The molecular weight excluding hydrogens is 188 g/mol. The number of nitrogens with two attached hydrogens (primary N) is 1. The minimum atomic E-state index is -0.0719. The number of likely N-dealkylation sites (tertiary alicyclic amines) is 1. The van der Waals surface area contributed by atoms with Gasteiger partial charge in [0.15, 0.2) is 0 Å². The zero-order chi connectivity index (χ0) is 10.9. The van der Waals surface area contributed by atoms with Crippen molar-refractivity contribution >= 4 is 0 Å². The van der Waals surface area contributed by atoms with Crippen molar-refractivity contribution in [3.63, 3.8) is 0 Å². The Morgan fingerprint density at radius 2 is 2.33 bits per heavy atom. The van der Waals surface area contributed by atoms with Gasteiger partial charge in [-0.2, -0.15) is 0 Å². The predicted octanol–water partition coefficient (Wildman–Crippen LogP) is 1.22. The molecule has 2 rings (SSSR count). The first-order chi connectivity index (χ1) is 7.11. The van der Waals surface area contributed by atoms with Gasteiger partial charge in [0.1, 0.15) is 0 Å². The van der Waals surface area contributed by atoms with Gasteiger partial charge in [-0.15, -0.1) is 0 Å². The van der Waals surface area contributed by atoms with E-state index in [9.17, 15) is 0 Å². The number of nitrogens with zero attached hydrogens (tertiary/aromatic N) is 1. The maximum Gasteiger partial charge on any atom is 0.0659 e. The smallest absolute Gasteiger partial charge is 0.0659 e. The normalized spacial score (nSPS) is 38.0. The minimum absolute atomic E-state index is 0.0719. The van der Waals surface area contributed by atoms with Crippen LogP contribution in [0.1, 0.15) is 33.1 Å². The zero-order valence-electron chi connectivity index (χ0n) is 10.0. The van der Waals surface area contributed by atoms with Crippen LogP contribution >= 0.6 is 0 Å². The van der Waals surface area contributed by atoms with Crippen molar-refractivity contribution in [3.05, 3.63) is 0 Å². The number of rotatable bonds is 3. The lowest BCUT2D eigenvalue weighted by atomic mass is 9.96. The quantitative estimate of drug-likeness (QED) is 0.764. The summed E-state index contributed by atoms with van der Waals surface area (Å²) < 4.78 is 5.41. The highest BCUT2D eigenvalue weighted by Gasteiger charge is 2.36. The molecule has 2 unspecified atom stereocenters. The topological polar surface area (TPSA) is 38.5 Å². The number of hydrogen-bond donors (Lipinski definition) is 1. The van der Waals surface area contributed by atoms with E-state index in [-0.39, 0.29) is 5.54 Å². The molecule has 2 N–H and O–H groups in total. The van der Waals surface area contributed by atoms with E-state index in [2.05, 4.69) is 18.7 Å². The van der Waals surface area contributed by atoms with Crippen LogP contribution in [0.5, 0.6) is 0 Å². The molecule has 0 aromatic heterocycles. The largest absolute Gasteiger partial charge is 0.379 e. The fourth-order valence-electron chi connectivity index (χ4n) is 2.96. The van der Waals surface area contributed by atoms with Crippen LogP contribution < -0.4 is 5.73 Å². The van der Waals surface area contributed by atoms with Crippen molar-refractivity contribution in [3.8, 4) is 0 Å². The van der Waals surface area contributed by atoms with E-state index in [1.165, 1.54) is 19.4 Å². The Morgan fingerprint density at radius 3 is 2.93 bits per heavy atom.